The normalized spacial score (nSPS) is 11.1. The molecule has 0 saturated heterocycles. The van der Waals surface area contributed by atoms with Crippen LogP contribution in [0.25, 0.3) is 51.2 Å². The van der Waals surface area contributed by atoms with Gasteiger partial charge >= 0.3 is 0 Å². The van der Waals surface area contributed by atoms with E-state index in [9.17, 15) is 0 Å². The van der Waals surface area contributed by atoms with Gasteiger partial charge in [-0.05, 0) is 41.0 Å². The van der Waals surface area contributed by atoms with Crippen molar-refractivity contribution in [3.05, 3.63) is 127 Å². The van der Waals surface area contributed by atoms with Crippen molar-refractivity contribution < 1.29 is 4.42 Å². The molecule has 0 fully saturated rings. The maximum absolute atomic E-state index is 5.73. The van der Waals surface area contributed by atoms with Crippen molar-refractivity contribution in [2.24, 2.45) is 0 Å². The van der Waals surface area contributed by atoms with Crippen LogP contribution in [0.5, 0.6) is 0 Å². The van der Waals surface area contributed by atoms with E-state index >= 15 is 0 Å². The Labute approximate surface area is 187 Å². The SMILES string of the molecule is C=Cc1[nH]c2ccccc2c1C=Cc1ccc(-c2cccoc3ccccc3cc2)cc1. The molecule has 0 amide bonds. The summed E-state index contributed by atoms with van der Waals surface area (Å²) >= 11 is 0. The quantitative estimate of drug-likeness (QED) is 0.314. The molecule has 2 nitrogen and oxygen atoms in total. The first-order valence-electron chi connectivity index (χ1n) is 10.6. The fourth-order valence-electron chi connectivity index (χ4n) is 3.90. The molecule has 0 atom stereocenters. The summed E-state index contributed by atoms with van der Waals surface area (Å²) in [5.74, 6) is 0. The largest absolute Gasteiger partial charge is 0.464 e. The number of hydrogen-bond donors (Lipinski definition) is 1. The van der Waals surface area contributed by atoms with Crippen LogP contribution in [0, 0.1) is 0 Å². The molecule has 0 aliphatic carbocycles. The Bertz CT molecular complexity index is 1480. The second-order valence-electron chi connectivity index (χ2n) is 7.60. The van der Waals surface area contributed by atoms with Gasteiger partial charge in [0.05, 0.1) is 6.26 Å². The summed E-state index contributed by atoms with van der Waals surface area (Å²) in [4.78, 5) is 3.42. The summed E-state index contributed by atoms with van der Waals surface area (Å²) in [6.07, 6.45) is 7.89. The number of rotatable bonds is 4. The fourth-order valence-corrected chi connectivity index (χ4v) is 3.90. The lowest BCUT2D eigenvalue weighted by atomic mass is 10.0. The van der Waals surface area contributed by atoms with Crippen LogP contribution in [0.2, 0.25) is 0 Å². The van der Waals surface area contributed by atoms with Crippen LogP contribution in [0.3, 0.4) is 0 Å². The average molecular weight is 414 g/mol. The minimum atomic E-state index is 0.853. The highest BCUT2D eigenvalue weighted by molar-refractivity contribution is 5.95. The van der Waals surface area contributed by atoms with E-state index in [1.165, 1.54) is 5.39 Å². The molecule has 0 unspecified atom stereocenters. The molecule has 0 saturated carbocycles. The highest BCUT2D eigenvalue weighted by Crippen LogP contribution is 2.26. The molecule has 2 heterocycles. The molecule has 1 N–H and O–H groups in total. The van der Waals surface area contributed by atoms with E-state index in [0.29, 0.717) is 0 Å². The molecule has 2 aromatic heterocycles. The number of fused-ring (bicyclic) bond motifs is 2. The lowest BCUT2D eigenvalue weighted by molar-refractivity contribution is 0.606. The maximum atomic E-state index is 5.73. The standard InChI is InChI=1S/C30H23NO/c1-2-28-27(26-10-4-5-11-29(26)31-28)20-15-22-13-16-24(17-14-22)23-9-7-21-32-30-12-6-3-8-25(30)19-18-23/h2-21,31H,1H2. The van der Waals surface area contributed by atoms with Crippen molar-refractivity contribution in [2.45, 2.75) is 0 Å². The summed E-state index contributed by atoms with van der Waals surface area (Å²) in [6.45, 7) is 3.95. The summed E-state index contributed by atoms with van der Waals surface area (Å²) in [7, 11) is 0. The highest BCUT2D eigenvalue weighted by Gasteiger charge is 2.05. The molecule has 0 spiro atoms. The highest BCUT2D eigenvalue weighted by atomic mass is 16.3. The van der Waals surface area contributed by atoms with E-state index in [1.54, 1.807) is 6.26 Å². The van der Waals surface area contributed by atoms with Crippen LogP contribution in [0.15, 0.2) is 114 Å². The minimum absolute atomic E-state index is 0.853. The molecule has 5 rings (SSSR count). The van der Waals surface area contributed by atoms with Crippen molar-refractivity contribution in [3.63, 3.8) is 0 Å². The van der Waals surface area contributed by atoms with Crippen LogP contribution in [-0.2, 0) is 0 Å². The zero-order valence-electron chi connectivity index (χ0n) is 17.7. The smallest absolute Gasteiger partial charge is 0.133 e. The first-order chi connectivity index (χ1) is 15.8. The maximum Gasteiger partial charge on any atom is 0.133 e. The van der Waals surface area contributed by atoms with Gasteiger partial charge in [-0.25, -0.2) is 0 Å². The molecule has 5 aromatic rings. The van der Waals surface area contributed by atoms with Gasteiger partial charge in [0.1, 0.15) is 5.58 Å². The second kappa shape index (κ2) is 8.83. The minimum Gasteiger partial charge on any atom is -0.464 e. The molecule has 0 aliphatic rings. The number of hydrogen-bond acceptors (Lipinski definition) is 1. The van der Waals surface area contributed by atoms with E-state index < -0.39 is 0 Å². The van der Waals surface area contributed by atoms with Crippen LogP contribution < -0.4 is 0 Å². The van der Waals surface area contributed by atoms with E-state index in [1.807, 2.05) is 36.4 Å². The molecule has 154 valence electrons. The Morgan fingerprint density at radius 2 is 1.44 bits per heavy atom. The van der Waals surface area contributed by atoms with Crippen molar-refractivity contribution in [2.75, 3.05) is 0 Å². The predicted molar refractivity (Wildman–Crippen MR) is 137 cm³/mol. The summed E-state index contributed by atoms with van der Waals surface area (Å²) < 4.78 is 5.73. The Hall–Kier alpha value is -4.30. The molecule has 2 heteroatoms. The molecule has 0 bridgehead atoms. The zero-order chi connectivity index (χ0) is 21.8. The molecule has 0 aliphatic heterocycles. The summed E-state index contributed by atoms with van der Waals surface area (Å²) in [5.41, 5.74) is 7.59. The molecular weight excluding hydrogens is 390 g/mol. The van der Waals surface area contributed by atoms with E-state index in [-0.39, 0.29) is 0 Å². The third-order valence-electron chi connectivity index (χ3n) is 5.58. The Kier molecular flexibility index (Phi) is 5.42. The van der Waals surface area contributed by atoms with Crippen molar-refractivity contribution in [3.8, 4) is 11.1 Å². The van der Waals surface area contributed by atoms with Crippen molar-refractivity contribution in [1.29, 1.82) is 0 Å². The monoisotopic (exact) mass is 413 g/mol. The van der Waals surface area contributed by atoms with Gasteiger partial charge in [-0.2, -0.15) is 0 Å². The molecular formula is C30H23NO. The summed E-state index contributed by atoms with van der Waals surface area (Å²) in [6, 6.07) is 33.2. The first-order valence-corrected chi connectivity index (χ1v) is 10.6. The van der Waals surface area contributed by atoms with Gasteiger partial charge in [-0.1, -0.05) is 97.6 Å². The predicted octanol–water partition coefficient (Wildman–Crippen LogP) is 8.52. The van der Waals surface area contributed by atoms with E-state index in [4.69, 9.17) is 4.42 Å². The number of para-hydroxylation sites is 2. The van der Waals surface area contributed by atoms with Gasteiger partial charge < -0.3 is 9.40 Å². The number of benzene rings is 3. The first kappa shape index (κ1) is 19.7. The van der Waals surface area contributed by atoms with E-state index in [0.717, 1.165) is 44.4 Å². The van der Waals surface area contributed by atoms with E-state index in [2.05, 4.69) is 90.4 Å². The lowest BCUT2D eigenvalue weighted by Crippen LogP contribution is -1.78. The fraction of sp³-hybridized carbons (Fsp3) is 0. The van der Waals surface area contributed by atoms with Gasteiger partial charge in [-0.3, -0.25) is 0 Å². The number of aromatic nitrogens is 1. The molecule has 32 heavy (non-hydrogen) atoms. The van der Waals surface area contributed by atoms with Crippen molar-refractivity contribution >= 4 is 40.1 Å². The topological polar surface area (TPSA) is 28.9 Å². The van der Waals surface area contributed by atoms with Gasteiger partial charge in [0.25, 0.3) is 0 Å². The lowest BCUT2D eigenvalue weighted by Gasteiger charge is -2.01. The molecule has 0 radical (unpaired) electrons. The van der Waals surface area contributed by atoms with Gasteiger partial charge in [0.15, 0.2) is 0 Å². The number of H-pyrrole nitrogens is 1. The van der Waals surface area contributed by atoms with Crippen LogP contribution in [-0.4, -0.2) is 4.98 Å². The van der Waals surface area contributed by atoms with Crippen LogP contribution in [0.4, 0.5) is 0 Å². The average Bonchev–Trinajstić information content (AvgIpc) is 3.25. The van der Waals surface area contributed by atoms with Gasteiger partial charge in [0, 0.05) is 27.5 Å². The van der Waals surface area contributed by atoms with Crippen LogP contribution in [0.1, 0.15) is 16.8 Å². The summed E-state index contributed by atoms with van der Waals surface area (Å²) in [5, 5.41) is 2.26. The second-order valence-corrected chi connectivity index (χ2v) is 7.60. The Morgan fingerprint density at radius 1 is 0.688 bits per heavy atom. The third kappa shape index (κ3) is 3.99. The number of nitrogens with one attached hydrogen (secondary N) is 1. The number of aromatic amines is 1. The Balaban J connectivity index is 1.47. The molecule has 3 aromatic carbocycles. The van der Waals surface area contributed by atoms with Crippen LogP contribution >= 0.6 is 0 Å². The van der Waals surface area contributed by atoms with Gasteiger partial charge in [-0.15, -0.1) is 0 Å². The van der Waals surface area contributed by atoms with Crippen molar-refractivity contribution in [1.82, 2.24) is 4.98 Å². The zero-order valence-corrected chi connectivity index (χ0v) is 17.7. The third-order valence-corrected chi connectivity index (χ3v) is 5.58. The Morgan fingerprint density at radius 3 is 2.31 bits per heavy atom. The van der Waals surface area contributed by atoms with Gasteiger partial charge in [0.2, 0.25) is 0 Å².